The molecule has 0 aromatic carbocycles. The van der Waals surface area contributed by atoms with E-state index in [0.717, 1.165) is 22.3 Å². The van der Waals surface area contributed by atoms with Crippen LogP contribution in [0.1, 0.15) is 25.2 Å². The van der Waals surface area contributed by atoms with Crippen molar-refractivity contribution in [2.24, 2.45) is 7.05 Å². The van der Waals surface area contributed by atoms with Crippen LogP contribution in [0.2, 0.25) is 0 Å². The third-order valence-electron chi connectivity index (χ3n) is 2.52. The highest BCUT2D eigenvalue weighted by Crippen LogP contribution is 2.23. The van der Waals surface area contributed by atoms with Gasteiger partial charge < -0.3 is 5.11 Å². The predicted molar refractivity (Wildman–Crippen MR) is 69.2 cm³/mol. The van der Waals surface area contributed by atoms with Crippen LogP contribution in [0.4, 0.5) is 0 Å². The molecule has 1 aromatic heterocycles. The van der Waals surface area contributed by atoms with Crippen LogP contribution in [0, 0.1) is 0 Å². The zero-order valence-corrected chi connectivity index (χ0v) is 12.3. The van der Waals surface area contributed by atoms with Gasteiger partial charge in [0, 0.05) is 17.8 Å². The Bertz CT molecular complexity index is 459. The van der Waals surface area contributed by atoms with E-state index in [1.165, 1.54) is 6.92 Å². The lowest BCUT2D eigenvalue weighted by Gasteiger charge is -2.07. The van der Waals surface area contributed by atoms with Crippen molar-refractivity contribution in [1.29, 1.82) is 0 Å². The zero-order valence-electron chi connectivity index (χ0n) is 9.94. The summed E-state index contributed by atoms with van der Waals surface area (Å²) >= 11 is 3.41. The minimum absolute atomic E-state index is 0.192. The highest BCUT2D eigenvalue weighted by atomic mass is 79.9. The summed E-state index contributed by atoms with van der Waals surface area (Å²) in [7, 11) is 0.320. The molecule has 0 saturated heterocycles. The Labute approximate surface area is 111 Å². The molecule has 5 nitrogen and oxygen atoms in total. The van der Waals surface area contributed by atoms with Crippen LogP contribution in [0.5, 0.6) is 0 Å². The van der Waals surface area contributed by atoms with E-state index in [1.54, 1.807) is 11.7 Å². The zero-order chi connectivity index (χ0) is 13.2. The molecule has 0 fully saturated rings. The number of carboxylic acid groups (broad SMARTS) is 1. The van der Waals surface area contributed by atoms with Gasteiger partial charge in [-0.15, -0.1) is 0 Å². The van der Waals surface area contributed by atoms with Crippen LogP contribution in [0.25, 0.3) is 0 Å². The molecule has 0 radical (unpaired) electrons. The van der Waals surface area contributed by atoms with Crippen LogP contribution < -0.4 is 0 Å². The van der Waals surface area contributed by atoms with Gasteiger partial charge in [-0.2, -0.15) is 5.10 Å². The second-order valence-corrected chi connectivity index (χ2v) is 6.24. The highest BCUT2D eigenvalue weighted by Gasteiger charge is 2.22. The Morgan fingerprint density at radius 2 is 2.24 bits per heavy atom. The number of carboxylic acids is 1. The number of hydrogen-bond donors (Lipinski definition) is 1. The first-order valence-corrected chi connectivity index (χ1v) is 7.36. The van der Waals surface area contributed by atoms with E-state index in [1.807, 2.05) is 6.92 Å². The smallest absolute Gasteiger partial charge is 0.318 e. The van der Waals surface area contributed by atoms with Crippen LogP contribution >= 0.6 is 15.9 Å². The number of aromatic nitrogens is 2. The molecule has 1 rings (SSSR count). The van der Waals surface area contributed by atoms with E-state index in [0.29, 0.717) is 0 Å². The molecule has 2 unspecified atom stereocenters. The molecule has 0 aliphatic carbocycles. The fourth-order valence-corrected chi connectivity index (χ4v) is 3.37. The van der Waals surface area contributed by atoms with Gasteiger partial charge in [-0.3, -0.25) is 13.7 Å². The van der Waals surface area contributed by atoms with E-state index in [2.05, 4.69) is 21.0 Å². The summed E-state index contributed by atoms with van der Waals surface area (Å²) in [6.07, 6.45) is 0.773. The third kappa shape index (κ3) is 3.16. The number of nitrogens with zero attached hydrogens (tertiary/aromatic N) is 2. The van der Waals surface area contributed by atoms with Crippen LogP contribution in [0.15, 0.2) is 4.47 Å². The first-order valence-electron chi connectivity index (χ1n) is 5.18. The monoisotopic (exact) mass is 322 g/mol. The number of halogens is 1. The van der Waals surface area contributed by atoms with E-state index >= 15 is 0 Å². The van der Waals surface area contributed by atoms with Crippen molar-refractivity contribution >= 4 is 32.7 Å². The maximum atomic E-state index is 11.8. The summed E-state index contributed by atoms with van der Waals surface area (Å²) in [5.74, 6) is -0.852. The summed E-state index contributed by atoms with van der Waals surface area (Å²) in [6.45, 7) is 3.43. The molecule has 0 saturated carbocycles. The van der Waals surface area contributed by atoms with Gasteiger partial charge in [0.05, 0.1) is 21.6 Å². The summed E-state index contributed by atoms with van der Waals surface area (Å²) in [5.41, 5.74) is 1.66. The van der Waals surface area contributed by atoms with Gasteiger partial charge in [-0.05, 0) is 29.3 Å². The van der Waals surface area contributed by atoms with E-state index in [-0.39, 0.29) is 5.75 Å². The lowest BCUT2D eigenvalue weighted by molar-refractivity contribution is -0.136. The van der Waals surface area contributed by atoms with Gasteiger partial charge in [-0.1, -0.05) is 6.92 Å². The molecule has 1 N–H and O–H groups in total. The summed E-state index contributed by atoms with van der Waals surface area (Å²) in [5, 5.41) is 12.2. The molecule has 0 spiro atoms. The molecule has 7 heteroatoms. The van der Waals surface area contributed by atoms with Crippen molar-refractivity contribution in [3.05, 3.63) is 15.9 Å². The molecule has 0 aliphatic rings. The third-order valence-corrected chi connectivity index (χ3v) is 4.99. The van der Waals surface area contributed by atoms with Gasteiger partial charge in [0.15, 0.2) is 0 Å². The van der Waals surface area contributed by atoms with Crippen LogP contribution in [-0.2, 0) is 34.8 Å². The second-order valence-electron chi connectivity index (χ2n) is 3.69. The van der Waals surface area contributed by atoms with Crippen LogP contribution in [-0.4, -0.2) is 30.3 Å². The van der Waals surface area contributed by atoms with Gasteiger partial charge in [-0.25, -0.2) is 0 Å². The standard InChI is InChI=1S/C10H15BrN2O3S/c1-4-7-9(11)8(13(3)12-7)5-17(16)6(2)10(14)15/h6H,4-5H2,1-3H3,(H,14,15). The maximum Gasteiger partial charge on any atom is 0.318 e. The fourth-order valence-electron chi connectivity index (χ4n) is 1.35. The molecule has 2 atom stereocenters. The topological polar surface area (TPSA) is 72.2 Å². The Morgan fingerprint density at radius 3 is 2.65 bits per heavy atom. The first kappa shape index (κ1) is 14.4. The number of rotatable bonds is 5. The minimum atomic E-state index is -1.45. The van der Waals surface area contributed by atoms with Crippen molar-refractivity contribution in [3.63, 3.8) is 0 Å². The Balaban J connectivity index is 2.92. The van der Waals surface area contributed by atoms with Gasteiger partial charge in [0.1, 0.15) is 5.25 Å². The lowest BCUT2D eigenvalue weighted by atomic mass is 10.3. The van der Waals surface area contributed by atoms with Crippen molar-refractivity contribution in [3.8, 4) is 0 Å². The van der Waals surface area contributed by atoms with E-state index < -0.39 is 22.0 Å². The summed E-state index contributed by atoms with van der Waals surface area (Å²) in [4.78, 5) is 10.7. The number of hydrogen-bond acceptors (Lipinski definition) is 3. The fraction of sp³-hybridized carbons (Fsp3) is 0.600. The molecular weight excluding hydrogens is 308 g/mol. The van der Waals surface area contributed by atoms with Gasteiger partial charge >= 0.3 is 5.97 Å². The number of carbonyl (C=O) groups is 1. The average Bonchev–Trinajstić information content (AvgIpc) is 2.55. The Hall–Kier alpha value is -0.690. The van der Waals surface area contributed by atoms with Crippen molar-refractivity contribution in [1.82, 2.24) is 9.78 Å². The van der Waals surface area contributed by atoms with Crippen LogP contribution in [0.3, 0.4) is 0 Å². The van der Waals surface area contributed by atoms with Gasteiger partial charge in [0.2, 0.25) is 0 Å². The minimum Gasteiger partial charge on any atom is -0.480 e. The first-order chi connectivity index (χ1) is 7.88. The van der Waals surface area contributed by atoms with Crippen molar-refractivity contribution in [2.75, 3.05) is 0 Å². The largest absolute Gasteiger partial charge is 0.480 e. The lowest BCUT2D eigenvalue weighted by Crippen LogP contribution is -2.23. The number of aryl methyl sites for hydroxylation is 2. The molecule has 1 heterocycles. The maximum absolute atomic E-state index is 11.8. The van der Waals surface area contributed by atoms with Crippen molar-refractivity contribution < 1.29 is 14.1 Å². The second kappa shape index (κ2) is 5.77. The normalized spacial score (nSPS) is 14.6. The molecule has 0 aliphatic heterocycles. The summed E-state index contributed by atoms with van der Waals surface area (Å²) in [6, 6.07) is 0. The predicted octanol–water partition coefficient (Wildman–Crippen LogP) is 1.47. The quantitative estimate of drug-likeness (QED) is 0.891. The average molecular weight is 323 g/mol. The molecule has 0 bridgehead atoms. The molecule has 17 heavy (non-hydrogen) atoms. The molecule has 1 aromatic rings. The molecular formula is C10H15BrN2O3S. The van der Waals surface area contributed by atoms with Gasteiger partial charge in [0.25, 0.3) is 0 Å². The number of aliphatic carboxylic acids is 1. The Morgan fingerprint density at radius 1 is 1.65 bits per heavy atom. The molecule has 96 valence electrons. The summed E-state index contributed by atoms with van der Waals surface area (Å²) < 4.78 is 14.3. The van der Waals surface area contributed by atoms with Crippen molar-refractivity contribution in [2.45, 2.75) is 31.3 Å². The SMILES string of the molecule is CCc1nn(C)c(CS(=O)C(C)C(=O)O)c1Br. The molecule has 0 amide bonds. The highest BCUT2D eigenvalue weighted by molar-refractivity contribution is 9.10. The Kier molecular flexibility index (Phi) is 4.88. The van der Waals surface area contributed by atoms with E-state index in [4.69, 9.17) is 5.11 Å². The van der Waals surface area contributed by atoms with E-state index in [9.17, 15) is 9.00 Å².